The number of nitrogens with one attached hydrogen (secondary N) is 1. The van der Waals surface area contributed by atoms with E-state index in [-0.39, 0.29) is 12.2 Å². The van der Waals surface area contributed by atoms with Crippen molar-refractivity contribution in [1.29, 1.82) is 0 Å². The van der Waals surface area contributed by atoms with E-state index in [1.807, 2.05) is 6.92 Å². The Hall–Kier alpha value is -3.62. The minimum absolute atomic E-state index is 0.285. The van der Waals surface area contributed by atoms with Crippen molar-refractivity contribution in [2.75, 3.05) is 16.8 Å². The summed E-state index contributed by atoms with van der Waals surface area (Å²) in [5.74, 6) is -1.94. The van der Waals surface area contributed by atoms with Gasteiger partial charge in [0.15, 0.2) is 12.1 Å². The number of imide groups is 1. The number of carbonyl (C=O) groups is 3. The molecule has 2 aliphatic rings. The number of benzene rings is 2. The number of nitrogens with zero attached hydrogens (tertiary/aromatic N) is 4. The van der Waals surface area contributed by atoms with Gasteiger partial charge in [-0.05, 0) is 37.3 Å². The van der Waals surface area contributed by atoms with Crippen LogP contribution in [0.25, 0.3) is 0 Å². The maximum absolute atomic E-state index is 13.2. The lowest BCUT2D eigenvalue weighted by atomic mass is 10.1. The highest BCUT2D eigenvalue weighted by molar-refractivity contribution is 6.25. The molecular formula is C19H16FN5O3. The van der Waals surface area contributed by atoms with Crippen LogP contribution >= 0.6 is 0 Å². The first kappa shape index (κ1) is 17.8. The zero-order valence-corrected chi connectivity index (χ0v) is 14.9. The summed E-state index contributed by atoms with van der Waals surface area (Å²) in [6.45, 7) is 1.61. The van der Waals surface area contributed by atoms with E-state index in [0.29, 0.717) is 5.69 Å². The first-order valence-electron chi connectivity index (χ1n) is 8.61. The second kappa shape index (κ2) is 6.84. The van der Waals surface area contributed by atoms with Gasteiger partial charge in [-0.3, -0.25) is 19.4 Å². The van der Waals surface area contributed by atoms with Gasteiger partial charge in [0.1, 0.15) is 12.4 Å². The normalized spacial score (nSPS) is 20.6. The average Bonchev–Trinajstić information content (AvgIpc) is 3.16. The lowest BCUT2D eigenvalue weighted by Gasteiger charge is -2.20. The van der Waals surface area contributed by atoms with Gasteiger partial charge in [-0.2, -0.15) is 5.11 Å². The summed E-state index contributed by atoms with van der Waals surface area (Å²) in [4.78, 5) is 38.8. The van der Waals surface area contributed by atoms with Crippen LogP contribution < -0.4 is 10.2 Å². The van der Waals surface area contributed by atoms with Gasteiger partial charge in [0.05, 0.1) is 5.69 Å². The van der Waals surface area contributed by atoms with Crippen molar-refractivity contribution >= 4 is 29.1 Å². The van der Waals surface area contributed by atoms with Crippen LogP contribution in [0.3, 0.4) is 0 Å². The maximum atomic E-state index is 13.2. The quantitative estimate of drug-likeness (QED) is 0.821. The third-order valence-corrected chi connectivity index (χ3v) is 4.56. The summed E-state index contributed by atoms with van der Waals surface area (Å²) >= 11 is 0. The minimum atomic E-state index is -0.976. The molecule has 1 saturated heterocycles. The monoisotopic (exact) mass is 381 g/mol. The molecule has 9 heteroatoms. The van der Waals surface area contributed by atoms with Crippen LogP contribution in [0.1, 0.15) is 5.56 Å². The highest BCUT2D eigenvalue weighted by Gasteiger charge is 2.55. The molecule has 142 valence electrons. The Bertz CT molecular complexity index is 991. The lowest BCUT2D eigenvalue weighted by Crippen LogP contribution is -2.43. The number of anilines is 2. The van der Waals surface area contributed by atoms with Gasteiger partial charge >= 0.3 is 0 Å². The molecule has 2 heterocycles. The molecule has 1 fully saturated rings. The molecule has 0 unspecified atom stereocenters. The summed E-state index contributed by atoms with van der Waals surface area (Å²) in [5, 5.41) is 11.4. The molecule has 0 bridgehead atoms. The van der Waals surface area contributed by atoms with Crippen LogP contribution in [0, 0.1) is 12.7 Å². The highest BCUT2D eigenvalue weighted by Crippen LogP contribution is 2.31. The number of fused-ring (bicyclic) bond motifs is 1. The molecule has 2 aromatic carbocycles. The van der Waals surface area contributed by atoms with Gasteiger partial charge in [0.25, 0.3) is 11.8 Å². The van der Waals surface area contributed by atoms with Crippen LogP contribution in [-0.4, -0.2) is 41.4 Å². The smallest absolute Gasteiger partial charge is 0.263 e. The number of rotatable bonds is 4. The van der Waals surface area contributed by atoms with E-state index in [1.165, 1.54) is 23.2 Å². The largest absolute Gasteiger partial charge is 0.324 e. The summed E-state index contributed by atoms with van der Waals surface area (Å²) in [7, 11) is 0. The van der Waals surface area contributed by atoms with E-state index in [0.717, 1.165) is 10.5 Å². The molecule has 0 saturated carbocycles. The summed E-state index contributed by atoms with van der Waals surface area (Å²) in [5.41, 5.74) is 1.74. The molecule has 3 amide bonds. The number of amides is 3. The maximum Gasteiger partial charge on any atom is 0.263 e. The van der Waals surface area contributed by atoms with Crippen molar-refractivity contribution < 1.29 is 18.8 Å². The molecule has 2 aliphatic heterocycles. The van der Waals surface area contributed by atoms with Gasteiger partial charge in [0.2, 0.25) is 5.91 Å². The number of hydrogen-bond donors (Lipinski definition) is 1. The third kappa shape index (κ3) is 3.11. The van der Waals surface area contributed by atoms with Crippen molar-refractivity contribution in [3.05, 3.63) is 59.9 Å². The molecule has 28 heavy (non-hydrogen) atoms. The van der Waals surface area contributed by atoms with Crippen LogP contribution in [-0.2, 0) is 14.4 Å². The first-order chi connectivity index (χ1) is 13.4. The third-order valence-electron chi connectivity index (χ3n) is 4.56. The van der Waals surface area contributed by atoms with E-state index in [1.54, 1.807) is 30.3 Å². The molecule has 0 aromatic heterocycles. The molecule has 2 atom stereocenters. The second-order valence-electron chi connectivity index (χ2n) is 6.60. The van der Waals surface area contributed by atoms with E-state index in [9.17, 15) is 18.8 Å². The van der Waals surface area contributed by atoms with Crippen LogP contribution in [0.4, 0.5) is 15.8 Å². The van der Waals surface area contributed by atoms with Gasteiger partial charge in [-0.25, -0.2) is 9.29 Å². The minimum Gasteiger partial charge on any atom is -0.324 e. The van der Waals surface area contributed by atoms with Crippen molar-refractivity contribution in [1.82, 2.24) is 5.01 Å². The van der Waals surface area contributed by atoms with Gasteiger partial charge < -0.3 is 5.32 Å². The van der Waals surface area contributed by atoms with E-state index in [2.05, 4.69) is 15.7 Å². The fourth-order valence-corrected chi connectivity index (χ4v) is 3.22. The Labute approximate surface area is 159 Å². The fourth-order valence-electron chi connectivity index (χ4n) is 3.22. The molecular weight excluding hydrogens is 365 g/mol. The fraction of sp³-hybridized carbons (Fsp3) is 0.211. The predicted molar refractivity (Wildman–Crippen MR) is 97.8 cm³/mol. The molecule has 4 rings (SSSR count). The van der Waals surface area contributed by atoms with Crippen LogP contribution in [0.2, 0.25) is 0 Å². The molecule has 0 aliphatic carbocycles. The zero-order valence-electron chi connectivity index (χ0n) is 14.9. The molecule has 1 N–H and O–H groups in total. The average molecular weight is 381 g/mol. The zero-order chi connectivity index (χ0) is 19.8. The van der Waals surface area contributed by atoms with Gasteiger partial charge in [0, 0.05) is 5.69 Å². The summed E-state index contributed by atoms with van der Waals surface area (Å²) < 4.78 is 13.2. The van der Waals surface area contributed by atoms with E-state index < -0.39 is 35.6 Å². The van der Waals surface area contributed by atoms with Crippen molar-refractivity contribution in [3.63, 3.8) is 0 Å². The Kier molecular flexibility index (Phi) is 4.34. The Morgan fingerprint density at radius 3 is 2.61 bits per heavy atom. The van der Waals surface area contributed by atoms with Crippen molar-refractivity contribution in [3.8, 4) is 0 Å². The Balaban J connectivity index is 1.48. The van der Waals surface area contributed by atoms with Gasteiger partial charge in [-0.15, -0.1) is 0 Å². The number of aryl methyl sites for hydroxylation is 1. The summed E-state index contributed by atoms with van der Waals surface area (Å²) in [6, 6.07) is 10.5. The Morgan fingerprint density at radius 2 is 1.89 bits per heavy atom. The predicted octanol–water partition coefficient (Wildman–Crippen LogP) is 2.07. The molecule has 2 aromatic rings. The Morgan fingerprint density at radius 1 is 1.14 bits per heavy atom. The standard InChI is InChI=1S/C19H16FN5O3/c1-11-5-7-14(8-6-11)25-18(27)16-17(19(25)28)24(23-22-16)10-15(26)21-13-4-2-3-12(20)9-13/h2-9,16-17H,10H2,1H3,(H,21,26)/t16-,17-/m1/s1. The SMILES string of the molecule is Cc1ccc(N2C(=O)[C@@H]3N=NN(CC(=O)Nc4cccc(F)c4)[C@H]3C2=O)cc1. The topological polar surface area (TPSA) is 94.4 Å². The second-order valence-corrected chi connectivity index (χ2v) is 6.60. The first-order valence-corrected chi connectivity index (χ1v) is 8.61. The molecule has 8 nitrogen and oxygen atoms in total. The summed E-state index contributed by atoms with van der Waals surface area (Å²) in [6.07, 6.45) is 0. The van der Waals surface area contributed by atoms with E-state index >= 15 is 0 Å². The van der Waals surface area contributed by atoms with Crippen LogP contribution in [0.15, 0.2) is 58.9 Å². The molecule has 0 radical (unpaired) electrons. The highest BCUT2D eigenvalue weighted by atomic mass is 19.1. The van der Waals surface area contributed by atoms with Gasteiger partial charge in [-0.1, -0.05) is 29.0 Å². The van der Waals surface area contributed by atoms with Crippen molar-refractivity contribution in [2.45, 2.75) is 19.0 Å². The number of carbonyl (C=O) groups excluding carboxylic acids is 3. The van der Waals surface area contributed by atoms with Crippen LogP contribution in [0.5, 0.6) is 0 Å². The lowest BCUT2D eigenvalue weighted by molar-refractivity contribution is -0.123. The number of hydrogen-bond acceptors (Lipinski definition) is 6. The number of halogens is 1. The van der Waals surface area contributed by atoms with E-state index in [4.69, 9.17) is 0 Å². The molecule has 0 spiro atoms. The van der Waals surface area contributed by atoms with Crippen molar-refractivity contribution in [2.24, 2.45) is 10.3 Å².